The summed E-state index contributed by atoms with van der Waals surface area (Å²) < 4.78 is 45.9. The highest BCUT2D eigenvalue weighted by molar-refractivity contribution is 7.92. The van der Waals surface area contributed by atoms with Gasteiger partial charge in [0.1, 0.15) is 30.8 Å². The van der Waals surface area contributed by atoms with Crippen molar-refractivity contribution in [1.82, 2.24) is 10.2 Å². The molecule has 0 aliphatic rings. The Morgan fingerprint density at radius 2 is 1.55 bits per heavy atom. The van der Waals surface area contributed by atoms with Crippen LogP contribution in [0.1, 0.15) is 38.3 Å². The van der Waals surface area contributed by atoms with Crippen molar-refractivity contribution in [3.63, 3.8) is 0 Å². The minimum atomic E-state index is -3.87. The summed E-state index contributed by atoms with van der Waals surface area (Å²) >= 11 is 0. The van der Waals surface area contributed by atoms with Crippen molar-refractivity contribution < 1.29 is 27.1 Å². The molecule has 0 heterocycles. The highest BCUT2D eigenvalue weighted by atomic mass is 32.2. The number of ether oxygens (including phenoxy) is 1. The molecule has 3 rings (SSSR count). The molecule has 0 aliphatic carbocycles. The number of benzene rings is 3. The summed E-state index contributed by atoms with van der Waals surface area (Å²) in [5.41, 5.74) is 1.88. The highest BCUT2D eigenvalue weighted by Crippen LogP contribution is 2.23. The van der Waals surface area contributed by atoms with E-state index in [0.29, 0.717) is 24.3 Å². The Balaban J connectivity index is 1.85. The average molecular weight is 570 g/mol. The van der Waals surface area contributed by atoms with Crippen LogP contribution in [0, 0.1) is 5.82 Å². The van der Waals surface area contributed by atoms with Crippen molar-refractivity contribution in [3.8, 4) is 5.75 Å². The number of rotatable bonds is 13. The topological polar surface area (TPSA) is 96.0 Å². The molecule has 0 aromatic heterocycles. The maximum absolute atomic E-state index is 13.7. The number of anilines is 1. The zero-order valence-electron chi connectivity index (χ0n) is 23.2. The van der Waals surface area contributed by atoms with Gasteiger partial charge in [-0.1, -0.05) is 49.4 Å². The van der Waals surface area contributed by atoms with Crippen molar-refractivity contribution in [3.05, 3.63) is 95.8 Å². The number of hydrogen-bond donors (Lipinski definition) is 1. The van der Waals surface area contributed by atoms with E-state index >= 15 is 0 Å². The summed E-state index contributed by atoms with van der Waals surface area (Å²) in [6.07, 6.45) is 1.32. The first-order valence-electron chi connectivity index (χ1n) is 13.1. The Hall–Kier alpha value is -3.92. The number of carbonyl (C=O) groups is 2. The van der Waals surface area contributed by atoms with Crippen molar-refractivity contribution in [2.24, 2.45) is 0 Å². The van der Waals surface area contributed by atoms with Gasteiger partial charge in [0.2, 0.25) is 21.8 Å². The molecule has 3 aromatic rings. The second-order valence-corrected chi connectivity index (χ2v) is 11.7. The van der Waals surface area contributed by atoms with Gasteiger partial charge in [-0.05, 0) is 67.8 Å². The summed E-state index contributed by atoms with van der Waals surface area (Å²) in [6, 6.07) is 20.7. The van der Waals surface area contributed by atoms with E-state index in [2.05, 4.69) is 5.32 Å². The van der Waals surface area contributed by atoms with Crippen molar-refractivity contribution >= 4 is 27.5 Å². The first kappa shape index (κ1) is 30.6. The van der Waals surface area contributed by atoms with Gasteiger partial charge in [0.15, 0.2) is 0 Å². The van der Waals surface area contributed by atoms with Crippen LogP contribution >= 0.6 is 0 Å². The predicted molar refractivity (Wildman–Crippen MR) is 154 cm³/mol. The Morgan fingerprint density at radius 3 is 2.10 bits per heavy atom. The summed E-state index contributed by atoms with van der Waals surface area (Å²) in [6.45, 7) is 5.25. The molecule has 1 atom stereocenters. The smallest absolute Gasteiger partial charge is 0.244 e. The molecule has 0 aliphatic heterocycles. The van der Waals surface area contributed by atoms with E-state index in [9.17, 15) is 22.4 Å². The Morgan fingerprint density at radius 1 is 0.925 bits per heavy atom. The maximum atomic E-state index is 13.7. The van der Waals surface area contributed by atoms with Crippen LogP contribution in [0.2, 0.25) is 0 Å². The fourth-order valence-electron chi connectivity index (χ4n) is 4.15. The Bertz CT molecular complexity index is 1360. The molecule has 214 valence electrons. The van der Waals surface area contributed by atoms with Crippen LogP contribution in [0.5, 0.6) is 5.75 Å². The summed E-state index contributed by atoms with van der Waals surface area (Å²) in [5.74, 6) is -0.795. The largest absolute Gasteiger partial charge is 0.489 e. The van der Waals surface area contributed by atoms with Crippen LogP contribution in [0.4, 0.5) is 10.1 Å². The SMILES string of the molecule is CCC(C(=O)NC(C)C)N(Cc1ccc(F)cc1)C(=O)CN(c1ccc(OCc2ccccc2)cc1)S(C)(=O)=O. The van der Waals surface area contributed by atoms with Crippen LogP contribution < -0.4 is 14.4 Å². The van der Waals surface area contributed by atoms with Crippen molar-refractivity contribution in [1.29, 1.82) is 0 Å². The van der Waals surface area contributed by atoms with Gasteiger partial charge in [-0.25, -0.2) is 12.8 Å². The van der Waals surface area contributed by atoms with E-state index < -0.39 is 34.3 Å². The quantitative estimate of drug-likeness (QED) is 0.327. The number of hydrogen-bond acceptors (Lipinski definition) is 5. The fraction of sp³-hybridized carbons (Fsp3) is 0.333. The van der Waals surface area contributed by atoms with Crippen molar-refractivity contribution in [2.45, 2.75) is 52.4 Å². The van der Waals surface area contributed by atoms with Crippen LogP contribution in [0.15, 0.2) is 78.9 Å². The third-order valence-electron chi connectivity index (χ3n) is 6.14. The van der Waals surface area contributed by atoms with Crippen LogP contribution in [0.25, 0.3) is 0 Å². The van der Waals surface area contributed by atoms with E-state index in [0.717, 1.165) is 16.1 Å². The van der Waals surface area contributed by atoms with E-state index in [1.54, 1.807) is 31.2 Å². The third kappa shape index (κ3) is 8.81. The zero-order valence-corrected chi connectivity index (χ0v) is 24.0. The Kier molecular flexibility index (Phi) is 10.7. The summed E-state index contributed by atoms with van der Waals surface area (Å²) in [5, 5.41) is 2.83. The molecule has 40 heavy (non-hydrogen) atoms. The van der Waals surface area contributed by atoms with Crippen LogP contribution in [-0.4, -0.2) is 50.0 Å². The monoisotopic (exact) mass is 569 g/mol. The van der Waals surface area contributed by atoms with Gasteiger partial charge >= 0.3 is 0 Å². The lowest BCUT2D eigenvalue weighted by molar-refractivity contribution is -0.140. The fourth-order valence-corrected chi connectivity index (χ4v) is 5.00. The molecular formula is C30H36FN3O5S. The van der Waals surface area contributed by atoms with Gasteiger partial charge in [-0.2, -0.15) is 0 Å². The molecule has 8 nitrogen and oxygen atoms in total. The lowest BCUT2D eigenvalue weighted by atomic mass is 10.1. The number of amides is 2. The molecule has 1 unspecified atom stereocenters. The molecular weight excluding hydrogens is 533 g/mol. The molecule has 0 bridgehead atoms. The van der Waals surface area contributed by atoms with E-state index in [1.807, 2.05) is 44.2 Å². The molecule has 0 fully saturated rings. The van der Waals surface area contributed by atoms with Gasteiger partial charge in [0.05, 0.1) is 11.9 Å². The third-order valence-corrected chi connectivity index (χ3v) is 7.28. The first-order chi connectivity index (χ1) is 19.0. The van der Waals surface area contributed by atoms with Gasteiger partial charge in [-0.3, -0.25) is 13.9 Å². The van der Waals surface area contributed by atoms with Gasteiger partial charge in [0, 0.05) is 12.6 Å². The lowest BCUT2D eigenvalue weighted by Gasteiger charge is -2.33. The number of nitrogens with zero attached hydrogens (tertiary/aromatic N) is 2. The summed E-state index contributed by atoms with van der Waals surface area (Å²) in [7, 11) is -3.87. The second kappa shape index (κ2) is 13.9. The van der Waals surface area contributed by atoms with Gasteiger partial charge in [-0.15, -0.1) is 0 Å². The van der Waals surface area contributed by atoms with E-state index in [-0.39, 0.29) is 24.2 Å². The molecule has 10 heteroatoms. The Labute approximate surface area is 235 Å². The van der Waals surface area contributed by atoms with Gasteiger partial charge < -0.3 is 15.0 Å². The minimum Gasteiger partial charge on any atom is -0.489 e. The average Bonchev–Trinajstić information content (AvgIpc) is 2.91. The summed E-state index contributed by atoms with van der Waals surface area (Å²) in [4.78, 5) is 28.1. The molecule has 1 N–H and O–H groups in total. The highest BCUT2D eigenvalue weighted by Gasteiger charge is 2.32. The molecule has 3 aromatic carbocycles. The van der Waals surface area contributed by atoms with Gasteiger partial charge in [0.25, 0.3) is 0 Å². The predicted octanol–water partition coefficient (Wildman–Crippen LogP) is 4.50. The molecule has 0 saturated carbocycles. The van der Waals surface area contributed by atoms with E-state index in [1.165, 1.54) is 29.2 Å². The van der Waals surface area contributed by atoms with Crippen LogP contribution in [0.3, 0.4) is 0 Å². The molecule has 0 spiro atoms. The molecule has 0 saturated heterocycles. The van der Waals surface area contributed by atoms with Crippen LogP contribution in [-0.2, 0) is 32.8 Å². The van der Waals surface area contributed by atoms with Crippen molar-refractivity contribution in [2.75, 3.05) is 17.1 Å². The lowest BCUT2D eigenvalue weighted by Crippen LogP contribution is -2.53. The number of carbonyl (C=O) groups excluding carboxylic acids is 2. The minimum absolute atomic E-state index is 0.00695. The number of sulfonamides is 1. The number of halogens is 1. The molecule has 2 amide bonds. The normalized spacial score (nSPS) is 12.1. The standard InChI is InChI=1S/C30H36FN3O5S/c1-5-28(30(36)32-22(2)3)33(19-23-11-13-25(31)14-12-23)29(35)20-34(40(4,37)38)26-15-17-27(18-16-26)39-21-24-9-7-6-8-10-24/h6-18,22,28H,5,19-21H2,1-4H3,(H,32,36). The first-order valence-corrected chi connectivity index (χ1v) is 14.9. The number of nitrogens with one attached hydrogen (secondary N) is 1. The van der Waals surface area contributed by atoms with E-state index in [4.69, 9.17) is 4.74 Å². The maximum Gasteiger partial charge on any atom is 0.244 e. The second-order valence-electron chi connectivity index (χ2n) is 9.77. The molecule has 0 radical (unpaired) electrons. The zero-order chi connectivity index (χ0) is 29.3.